The lowest BCUT2D eigenvalue weighted by molar-refractivity contribution is -0.149. The Morgan fingerprint density at radius 2 is 1.60 bits per heavy atom. The maximum absolute atomic E-state index is 14.8. The number of rotatable bonds is 5. The number of piperazine rings is 1. The van der Waals surface area contributed by atoms with Crippen LogP contribution in [-0.4, -0.2) is 62.8 Å². The van der Waals surface area contributed by atoms with Gasteiger partial charge in [-0.25, -0.2) is 14.2 Å². The molecular weight excluding hydrogens is 462 g/mol. The molecule has 190 valence electrons. The monoisotopic (exact) mass is 493 g/mol. The highest BCUT2D eigenvalue weighted by molar-refractivity contribution is 5.76. The molecule has 0 atom stereocenters. The second-order valence-corrected chi connectivity index (χ2v) is 10.5. The molecule has 0 amide bonds. The number of benzene rings is 1. The summed E-state index contributed by atoms with van der Waals surface area (Å²) in [5.74, 6) is -0.422. The van der Waals surface area contributed by atoms with Gasteiger partial charge in [-0.1, -0.05) is 26.8 Å². The molecule has 35 heavy (non-hydrogen) atoms. The number of pyridine rings is 1. The summed E-state index contributed by atoms with van der Waals surface area (Å²) in [6.07, 6.45) is -4.20. The van der Waals surface area contributed by atoms with Crippen LogP contribution in [0.2, 0.25) is 0 Å². The zero-order valence-electron chi connectivity index (χ0n) is 20.5. The normalized spacial score (nSPS) is 16.3. The van der Waals surface area contributed by atoms with Crippen molar-refractivity contribution in [1.29, 1.82) is 0 Å². The number of imidazole rings is 1. The summed E-state index contributed by atoms with van der Waals surface area (Å²) in [6.45, 7) is 8.00. The molecular formula is C25H31F4N5O. The van der Waals surface area contributed by atoms with Gasteiger partial charge in [-0.05, 0) is 35.2 Å². The quantitative estimate of drug-likeness (QED) is 0.498. The summed E-state index contributed by atoms with van der Waals surface area (Å²) in [6, 6.07) is 8.33. The third kappa shape index (κ3) is 5.92. The minimum atomic E-state index is -4.20. The largest absolute Gasteiger partial charge is 0.401 e. The SMILES string of the molecule is Cn1c(=O)n(CC(C)(C)C)c2ccc(-c3cc(CN4CCN(CC(F)(F)F)CC4)ccc3F)nc21. The minimum Gasteiger partial charge on any atom is -0.297 e. The first kappa shape index (κ1) is 25.4. The molecule has 0 bridgehead atoms. The Morgan fingerprint density at radius 3 is 2.23 bits per heavy atom. The predicted octanol–water partition coefficient (Wildman–Crippen LogP) is 4.27. The number of fused-ring (bicyclic) bond motifs is 1. The fraction of sp³-hybridized carbons (Fsp3) is 0.520. The van der Waals surface area contributed by atoms with Crippen molar-refractivity contribution >= 4 is 11.2 Å². The maximum Gasteiger partial charge on any atom is 0.401 e. The fourth-order valence-electron chi connectivity index (χ4n) is 4.53. The average Bonchev–Trinajstić information content (AvgIpc) is 2.98. The summed E-state index contributed by atoms with van der Waals surface area (Å²) < 4.78 is 55.9. The molecule has 1 saturated heterocycles. The molecule has 10 heteroatoms. The van der Waals surface area contributed by atoms with Gasteiger partial charge in [0, 0.05) is 51.9 Å². The first-order valence-electron chi connectivity index (χ1n) is 11.7. The van der Waals surface area contributed by atoms with Crippen LogP contribution in [0.3, 0.4) is 0 Å². The number of aryl methyl sites for hydroxylation is 1. The van der Waals surface area contributed by atoms with Gasteiger partial charge in [-0.15, -0.1) is 0 Å². The smallest absolute Gasteiger partial charge is 0.297 e. The highest BCUT2D eigenvalue weighted by Gasteiger charge is 2.32. The van der Waals surface area contributed by atoms with Crippen LogP contribution in [0.5, 0.6) is 0 Å². The van der Waals surface area contributed by atoms with Crippen molar-refractivity contribution in [3.05, 3.63) is 52.2 Å². The summed E-state index contributed by atoms with van der Waals surface area (Å²) in [4.78, 5) is 20.9. The van der Waals surface area contributed by atoms with Crippen LogP contribution >= 0.6 is 0 Å². The van der Waals surface area contributed by atoms with Gasteiger partial charge in [0.15, 0.2) is 5.65 Å². The number of hydrogen-bond donors (Lipinski definition) is 0. The van der Waals surface area contributed by atoms with Crippen LogP contribution < -0.4 is 5.69 Å². The van der Waals surface area contributed by atoms with E-state index in [9.17, 15) is 22.4 Å². The van der Waals surface area contributed by atoms with E-state index in [0.29, 0.717) is 61.7 Å². The van der Waals surface area contributed by atoms with E-state index in [4.69, 9.17) is 0 Å². The molecule has 3 heterocycles. The second kappa shape index (κ2) is 9.39. The molecule has 6 nitrogen and oxygen atoms in total. The van der Waals surface area contributed by atoms with Gasteiger partial charge >= 0.3 is 11.9 Å². The standard InChI is InChI=1S/C25H31F4N5O/c1-24(2,3)15-34-21-8-7-20(30-22(21)31(4)23(34)35)18-13-17(5-6-19(18)26)14-32-9-11-33(12-10-32)16-25(27,28)29/h5-8,13H,9-12,14-16H2,1-4H3. The molecule has 4 rings (SSSR count). The van der Waals surface area contributed by atoms with Crippen molar-refractivity contribution in [3.63, 3.8) is 0 Å². The molecule has 1 aromatic carbocycles. The molecule has 0 unspecified atom stereocenters. The van der Waals surface area contributed by atoms with Crippen LogP contribution in [0.4, 0.5) is 17.6 Å². The van der Waals surface area contributed by atoms with E-state index < -0.39 is 18.5 Å². The van der Waals surface area contributed by atoms with E-state index in [1.807, 2.05) is 0 Å². The lowest BCUT2D eigenvalue weighted by Gasteiger charge is -2.35. The lowest BCUT2D eigenvalue weighted by atomic mass is 9.97. The Labute approximate surface area is 201 Å². The van der Waals surface area contributed by atoms with E-state index in [1.165, 1.54) is 15.5 Å². The second-order valence-electron chi connectivity index (χ2n) is 10.5. The van der Waals surface area contributed by atoms with Crippen LogP contribution in [0, 0.1) is 11.2 Å². The molecule has 0 N–H and O–H groups in total. The van der Waals surface area contributed by atoms with Crippen molar-refractivity contribution in [2.45, 2.75) is 40.0 Å². The number of halogens is 4. The summed E-state index contributed by atoms with van der Waals surface area (Å²) >= 11 is 0. The Morgan fingerprint density at radius 1 is 0.943 bits per heavy atom. The third-order valence-electron chi connectivity index (χ3n) is 6.19. The Bertz CT molecular complexity index is 1260. The lowest BCUT2D eigenvalue weighted by Crippen LogP contribution is -2.48. The van der Waals surface area contributed by atoms with Gasteiger partial charge in [-0.3, -0.25) is 18.9 Å². The predicted molar refractivity (Wildman–Crippen MR) is 128 cm³/mol. The first-order valence-corrected chi connectivity index (χ1v) is 11.7. The number of aromatic nitrogens is 3. The highest BCUT2D eigenvalue weighted by Crippen LogP contribution is 2.27. The van der Waals surface area contributed by atoms with Gasteiger partial charge in [-0.2, -0.15) is 13.2 Å². The zero-order valence-corrected chi connectivity index (χ0v) is 20.5. The van der Waals surface area contributed by atoms with E-state index >= 15 is 0 Å². The van der Waals surface area contributed by atoms with E-state index in [1.54, 1.807) is 35.9 Å². The first-order chi connectivity index (χ1) is 16.3. The Hall–Kier alpha value is -2.72. The molecule has 0 saturated carbocycles. The molecule has 1 aliphatic heterocycles. The summed E-state index contributed by atoms with van der Waals surface area (Å²) in [5, 5.41) is 0. The zero-order chi connectivity index (χ0) is 25.5. The Balaban J connectivity index is 1.56. The van der Waals surface area contributed by atoms with E-state index in [-0.39, 0.29) is 11.1 Å². The van der Waals surface area contributed by atoms with Crippen LogP contribution in [0.15, 0.2) is 35.1 Å². The van der Waals surface area contributed by atoms with Crippen molar-refractivity contribution in [3.8, 4) is 11.3 Å². The molecule has 0 spiro atoms. The Kier molecular flexibility index (Phi) is 6.80. The van der Waals surface area contributed by atoms with E-state index in [2.05, 4.69) is 30.7 Å². The molecule has 3 aromatic rings. The van der Waals surface area contributed by atoms with Crippen molar-refractivity contribution in [2.75, 3.05) is 32.7 Å². The third-order valence-corrected chi connectivity index (χ3v) is 6.19. The van der Waals surface area contributed by atoms with Gasteiger partial charge < -0.3 is 0 Å². The average molecular weight is 494 g/mol. The molecule has 2 aromatic heterocycles. The highest BCUT2D eigenvalue weighted by atomic mass is 19.4. The summed E-state index contributed by atoms with van der Waals surface area (Å²) in [7, 11) is 1.66. The van der Waals surface area contributed by atoms with Crippen molar-refractivity contribution < 1.29 is 17.6 Å². The van der Waals surface area contributed by atoms with Crippen LogP contribution in [0.25, 0.3) is 22.4 Å². The molecule has 0 radical (unpaired) electrons. The number of nitrogens with zero attached hydrogens (tertiary/aromatic N) is 5. The minimum absolute atomic E-state index is 0.102. The molecule has 0 aliphatic carbocycles. The van der Waals surface area contributed by atoms with Crippen LogP contribution in [0.1, 0.15) is 26.3 Å². The van der Waals surface area contributed by atoms with Gasteiger partial charge in [0.2, 0.25) is 0 Å². The fourth-order valence-corrected chi connectivity index (χ4v) is 4.53. The van der Waals surface area contributed by atoms with Crippen molar-refractivity contribution in [1.82, 2.24) is 23.9 Å². The topological polar surface area (TPSA) is 46.3 Å². The number of hydrogen-bond acceptors (Lipinski definition) is 4. The van der Waals surface area contributed by atoms with E-state index in [0.717, 1.165) is 5.56 Å². The van der Waals surface area contributed by atoms with Gasteiger partial charge in [0.25, 0.3) is 0 Å². The van der Waals surface area contributed by atoms with Crippen molar-refractivity contribution in [2.24, 2.45) is 12.5 Å². The maximum atomic E-state index is 14.8. The van der Waals surface area contributed by atoms with Gasteiger partial charge in [0.1, 0.15) is 5.82 Å². The number of alkyl halides is 3. The summed E-state index contributed by atoms with van der Waals surface area (Å²) in [5.41, 5.74) is 2.53. The molecule has 1 aliphatic rings. The van der Waals surface area contributed by atoms with Crippen LogP contribution in [-0.2, 0) is 20.1 Å². The van der Waals surface area contributed by atoms with Gasteiger partial charge in [0.05, 0.1) is 17.8 Å². The molecule has 1 fully saturated rings.